The lowest BCUT2D eigenvalue weighted by atomic mass is 10.1. The Bertz CT molecular complexity index is 1160. The van der Waals surface area contributed by atoms with Crippen molar-refractivity contribution in [3.8, 4) is 5.75 Å². The van der Waals surface area contributed by atoms with Gasteiger partial charge in [0.2, 0.25) is 0 Å². The lowest BCUT2D eigenvalue weighted by Crippen LogP contribution is -1.98. The quantitative estimate of drug-likeness (QED) is 0.305. The first-order valence-corrected chi connectivity index (χ1v) is 8.60. The van der Waals surface area contributed by atoms with E-state index in [1.54, 1.807) is 24.3 Å². The van der Waals surface area contributed by atoms with Crippen molar-refractivity contribution in [3.05, 3.63) is 64.7 Å². The fourth-order valence-electron chi connectivity index (χ4n) is 2.36. The molecule has 0 aromatic heterocycles. The molecule has 3 aromatic carbocycles. The summed E-state index contributed by atoms with van der Waals surface area (Å²) in [5, 5.41) is 29.3. The third-order valence-corrected chi connectivity index (χ3v) is 4.45. The molecule has 0 spiro atoms. The van der Waals surface area contributed by atoms with E-state index >= 15 is 0 Å². The van der Waals surface area contributed by atoms with Crippen LogP contribution in [0.15, 0.2) is 69.7 Å². The molecule has 3 aromatic rings. The number of benzene rings is 3. The van der Waals surface area contributed by atoms with Gasteiger partial charge in [0.15, 0.2) is 0 Å². The molecule has 9 nitrogen and oxygen atoms in total. The van der Waals surface area contributed by atoms with Crippen molar-refractivity contribution in [1.82, 2.24) is 0 Å². The van der Waals surface area contributed by atoms with E-state index in [1.165, 1.54) is 12.1 Å². The highest BCUT2D eigenvalue weighted by Crippen LogP contribution is 2.36. The summed E-state index contributed by atoms with van der Waals surface area (Å²) in [6.07, 6.45) is 0. The minimum absolute atomic E-state index is 0.142. The van der Waals surface area contributed by atoms with Crippen molar-refractivity contribution in [2.45, 2.75) is 4.90 Å². The Morgan fingerprint density at radius 1 is 1.00 bits per heavy atom. The fraction of sp³-hybridized carbons (Fsp3) is 0. The van der Waals surface area contributed by atoms with E-state index in [0.717, 1.165) is 18.2 Å². The molecule has 0 bridgehead atoms. The molecule has 0 amide bonds. The van der Waals surface area contributed by atoms with E-state index in [9.17, 15) is 28.2 Å². The maximum Gasteiger partial charge on any atom is 0.296 e. The molecule has 10 heteroatoms. The molecule has 2 N–H and O–H groups in total. The number of rotatable bonds is 4. The lowest BCUT2D eigenvalue weighted by molar-refractivity contribution is -0.384. The van der Waals surface area contributed by atoms with Gasteiger partial charge in [0, 0.05) is 17.5 Å². The predicted octanol–water partition coefficient (Wildman–Crippen LogP) is 4.12. The molecule has 0 saturated carbocycles. The topological polar surface area (TPSA) is 142 Å². The van der Waals surface area contributed by atoms with E-state index in [4.69, 9.17) is 0 Å². The van der Waals surface area contributed by atoms with Crippen LogP contribution in [0.3, 0.4) is 0 Å². The Morgan fingerprint density at radius 3 is 2.42 bits per heavy atom. The van der Waals surface area contributed by atoms with Gasteiger partial charge >= 0.3 is 0 Å². The van der Waals surface area contributed by atoms with Gasteiger partial charge in [0.05, 0.1) is 4.92 Å². The molecule has 132 valence electrons. The summed E-state index contributed by atoms with van der Waals surface area (Å²) < 4.78 is 32.7. The number of fused-ring (bicyclic) bond motifs is 1. The standard InChI is InChI=1S/C16H11N3O6S/c20-14-7-6-11(19(21)22)9-13(14)17-18-16-12-4-2-1-3-10(12)5-8-15(16)26(23,24)25/h1-9,20H,(H,23,24,25). The molecule has 3 rings (SSSR count). The first-order valence-electron chi connectivity index (χ1n) is 7.16. The Hall–Kier alpha value is -3.37. The smallest absolute Gasteiger partial charge is 0.296 e. The van der Waals surface area contributed by atoms with E-state index in [1.807, 2.05) is 0 Å². The largest absolute Gasteiger partial charge is 0.506 e. The van der Waals surface area contributed by atoms with Crippen LogP contribution < -0.4 is 0 Å². The SMILES string of the molecule is O=[N+]([O-])c1ccc(O)c(N=Nc2c(S(=O)(=O)O)ccc3ccccc23)c1. The van der Waals surface area contributed by atoms with Gasteiger partial charge in [-0.25, -0.2) is 0 Å². The minimum Gasteiger partial charge on any atom is -0.506 e. The second kappa shape index (κ2) is 6.50. The van der Waals surface area contributed by atoms with E-state index < -0.39 is 19.9 Å². The number of hydrogen-bond donors (Lipinski definition) is 2. The number of non-ortho nitro benzene ring substituents is 1. The first-order chi connectivity index (χ1) is 12.3. The number of phenols is 1. The second-order valence-corrected chi connectivity index (χ2v) is 6.63. The predicted molar refractivity (Wildman–Crippen MR) is 92.7 cm³/mol. The van der Waals surface area contributed by atoms with Crippen LogP contribution in [0.5, 0.6) is 5.75 Å². The number of nitro benzene ring substituents is 1. The molecule has 0 saturated heterocycles. The van der Waals surface area contributed by atoms with Crippen LogP contribution in [0, 0.1) is 10.1 Å². The maximum absolute atomic E-state index is 11.6. The highest BCUT2D eigenvalue weighted by molar-refractivity contribution is 7.86. The van der Waals surface area contributed by atoms with Crippen molar-refractivity contribution in [2.75, 3.05) is 0 Å². The van der Waals surface area contributed by atoms with Gasteiger partial charge in [0.25, 0.3) is 15.8 Å². The van der Waals surface area contributed by atoms with Crippen LogP contribution in [-0.2, 0) is 10.1 Å². The van der Waals surface area contributed by atoms with Gasteiger partial charge in [-0.2, -0.15) is 8.42 Å². The molecule has 0 aliphatic carbocycles. The fourth-order valence-corrected chi connectivity index (χ4v) is 2.99. The average molecular weight is 373 g/mol. The molecule has 0 aliphatic heterocycles. The molecular formula is C16H11N3O6S. The molecule has 0 unspecified atom stereocenters. The van der Waals surface area contributed by atoms with Gasteiger partial charge in [-0.1, -0.05) is 30.3 Å². The molecular weight excluding hydrogens is 362 g/mol. The van der Waals surface area contributed by atoms with Crippen molar-refractivity contribution < 1.29 is 23.0 Å². The van der Waals surface area contributed by atoms with E-state index in [0.29, 0.717) is 10.8 Å². The zero-order valence-corrected chi connectivity index (χ0v) is 13.8. The van der Waals surface area contributed by atoms with E-state index in [-0.39, 0.29) is 22.8 Å². The number of phenolic OH excluding ortho intramolecular Hbond substituents is 1. The van der Waals surface area contributed by atoms with Crippen LogP contribution in [0.4, 0.5) is 17.1 Å². The molecule has 0 aliphatic rings. The van der Waals surface area contributed by atoms with Gasteiger partial charge < -0.3 is 5.11 Å². The number of aromatic hydroxyl groups is 1. The normalized spacial score (nSPS) is 11.9. The van der Waals surface area contributed by atoms with E-state index in [2.05, 4.69) is 10.2 Å². The summed E-state index contributed by atoms with van der Waals surface area (Å²) in [6, 6.07) is 12.6. The molecule has 0 atom stereocenters. The van der Waals surface area contributed by atoms with Gasteiger partial charge in [0.1, 0.15) is 22.0 Å². The molecule has 0 radical (unpaired) electrons. The average Bonchev–Trinajstić information content (AvgIpc) is 2.59. The van der Waals surface area contributed by atoms with Gasteiger partial charge in [-0.15, -0.1) is 10.2 Å². The van der Waals surface area contributed by atoms with Crippen LogP contribution >= 0.6 is 0 Å². The second-order valence-electron chi connectivity index (χ2n) is 5.24. The number of nitro groups is 1. The summed E-state index contributed by atoms with van der Waals surface area (Å²) in [5.41, 5.74) is -0.672. The van der Waals surface area contributed by atoms with Crippen LogP contribution in [0.2, 0.25) is 0 Å². The highest BCUT2D eigenvalue weighted by atomic mass is 32.2. The zero-order valence-electron chi connectivity index (χ0n) is 13.0. The third kappa shape index (κ3) is 3.36. The summed E-state index contributed by atoms with van der Waals surface area (Å²) in [5.74, 6) is -0.368. The van der Waals surface area contributed by atoms with Crippen molar-refractivity contribution >= 4 is 38.0 Å². The molecule has 0 fully saturated rings. The summed E-state index contributed by atoms with van der Waals surface area (Å²) in [7, 11) is -4.59. The lowest BCUT2D eigenvalue weighted by Gasteiger charge is -2.06. The number of nitrogens with zero attached hydrogens (tertiary/aromatic N) is 3. The monoisotopic (exact) mass is 373 g/mol. The Balaban J connectivity index is 2.21. The van der Waals surface area contributed by atoms with Crippen LogP contribution in [-0.4, -0.2) is 23.0 Å². The highest BCUT2D eigenvalue weighted by Gasteiger charge is 2.18. The van der Waals surface area contributed by atoms with Crippen molar-refractivity contribution in [3.63, 3.8) is 0 Å². The Kier molecular flexibility index (Phi) is 4.36. The summed E-state index contributed by atoms with van der Waals surface area (Å²) in [6.45, 7) is 0. The van der Waals surface area contributed by atoms with Crippen LogP contribution in [0.1, 0.15) is 0 Å². The Labute approximate surface area is 147 Å². The minimum atomic E-state index is -4.59. The molecule has 26 heavy (non-hydrogen) atoms. The zero-order chi connectivity index (χ0) is 18.9. The summed E-state index contributed by atoms with van der Waals surface area (Å²) in [4.78, 5) is 9.70. The molecule has 0 heterocycles. The summed E-state index contributed by atoms with van der Waals surface area (Å²) >= 11 is 0. The van der Waals surface area contributed by atoms with Gasteiger partial charge in [-0.05, 0) is 17.5 Å². The number of azo groups is 1. The maximum atomic E-state index is 11.6. The van der Waals surface area contributed by atoms with Gasteiger partial charge in [-0.3, -0.25) is 14.7 Å². The van der Waals surface area contributed by atoms with Crippen molar-refractivity contribution in [2.24, 2.45) is 10.2 Å². The first kappa shape index (κ1) is 17.5. The Morgan fingerprint density at radius 2 is 1.73 bits per heavy atom. The van der Waals surface area contributed by atoms with Crippen LogP contribution in [0.25, 0.3) is 10.8 Å². The van der Waals surface area contributed by atoms with Crippen molar-refractivity contribution in [1.29, 1.82) is 0 Å². The third-order valence-electron chi connectivity index (χ3n) is 3.57. The number of hydrogen-bond acceptors (Lipinski definition) is 7.